The van der Waals surface area contributed by atoms with E-state index in [9.17, 15) is 13.6 Å². The van der Waals surface area contributed by atoms with Crippen LogP contribution in [0.1, 0.15) is 6.42 Å². The molecule has 14 heavy (non-hydrogen) atoms. The molecular formula is C8H13F2NO3. The molecule has 1 rings (SSSR count). The van der Waals surface area contributed by atoms with Crippen molar-refractivity contribution in [1.29, 1.82) is 0 Å². The zero-order valence-electron chi connectivity index (χ0n) is 7.87. The average Bonchev–Trinajstić information content (AvgIpc) is 1.96. The van der Waals surface area contributed by atoms with E-state index in [1.165, 1.54) is 4.90 Å². The average molecular weight is 209 g/mol. The van der Waals surface area contributed by atoms with E-state index in [1.807, 2.05) is 0 Å². The van der Waals surface area contributed by atoms with Gasteiger partial charge in [-0.15, -0.1) is 0 Å². The maximum Gasteiger partial charge on any atom is 0.329 e. The lowest BCUT2D eigenvalue weighted by atomic mass is 10.1. The second-order valence-electron chi connectivity index (χ2n) is 3.58. The standard InChI is InChI=1S/C8H13F2NO3/c1-11-3-6(14-4-7(12)13)2-8(9,10)5-11/h6H,2-5H2,1H3,(H,12,13). The maximum absolute atomic E-state index is 13.0. The fourth-order valence-electron chi connectivity index (χ4n) is 1.57. The molecule has 4 nitrogen and oxygen atoms in total. The number of aliphatic carboxylic acids is 1. The number of rotatable bonds is 3. The number of alkyl halides is 2. The largest absolute Gasteiger partial charge is 0.480 e. The highest BCUT2D eigenvalue weighted by molar-refractivity contribution is 5.68. The first-order valence-corrected chi connectivity index (χ1v) is 4.29. The van der Waals surface area contributed by atoms with E-state index in [4.69, 9.17) is 9.84 Å². The molecule has 0 bridgehead atoms. The lowest BCUT2D eigenvalue weighted by molar-refractivity contribution is -0.153. The van der Waals surface area contributed by atoms with Crippen LogP contribution in [0.3, 0.4) is 0 Å². The van der Waals surface area contributed by atoms with E-state index in [2.05, 4.69) is 0 Å². The predicted molar refractivity (Wildman–Crippen MR) is 44.4 cm³/mol. The Morgan fingerprint density at radius 3 is 2.86 bits per heavy atom. The van der Waals surface area contributed by atoms with Gasteiger partial charge in [-0.3, -0.25) is 4.90 Å². The van der Waals surface area contributed by atoms with Gasteiger partial charge in [0.15, 0.2) is 0 Å². The molecule has 1 unspecified atom stereocenters. The number of likely N-dealkylation sites (tertiary alicyclic amines) is 1. The Morgan fingerprint density at radius 1 is 1.71 bits per heavy atom. The number of ether oxygens (including phenoxy) is 1. The molecule has 1 saturated heterocycles. The Balaban J connectivity index is 2.42. The number of piperidine rings is 1. The first kappa shape index (κ1) is 11.3. The molecule has 1 fully saturated rings. The van der Waals surface area contributed by atoms with Gasteiger partial charge in [0.25, 0.3) is 5.92 Å². The molecule has 1 heterocycles. The van der Waals surface area contributed by atoms with E-state index >= 15 is 0 Å². The van der Waals surface area contributed by atoms with E-state index in [0.717, 1.165) is 0 Å². The fraction of sp³-hybridized carbons (Fsp3) is 0.875. The Hall–Kier alpha value is -0.750. The number of likely N-dealkylation sites (N-methyl/N-ethyl adjacent to an activating group) is 1. The highest BCUT2D eigenvalue weighted by Crippen LogP contribution is 2.27. The van der Waals surface area contributed by atoms with Gasteiger partial charge in [0, 0.05) is 13.0 Å². The summed E-state index contributed by atoms with van der Waals surface area (Å²) < 4.78 is 30.7. The van der Waals surface area contributed by atoms with Crippen molar-refractivity contribution in [3.8, 4) is 0 Å². The molecule has 0 radical (unpaired) electrons. The number of carboxylic acids is 1. The van der Waals surface area contributed by atoms with Gasteiger partial charge in [0.05, 0.1) is 12.6 Å². The predicted octanol–water partition coefficient (Wildman–Crippen LogP) is 0.427. The lowest BCUT2D eigenvalue weighted by Gasteiger charge is -2.34. The quantitative estimate of drug-likeness (QED) is 0.732. The monoisotopic (exact) mass is 209 g/mol. The molecule has 1 aliphatic rings. The number of halogens is 2. The van der Waals surface area contributed by atoms with Crippen LogP contribution >= 0.6 is 0 Å². The molecule has 0 aromatic heterocycles. The Morgan fingerprint density at radius 2 is 2.36 bits per heavy atom. The van der Waals surface area contributed by atoms with Crippen molar-refractivity contribution in [2.75, 3.05) is 26.7 Å². The number of carbonyl (C=O) groups is 1. The van der Waals surface area contributed by atoms with Crippen molar-refractivity contribution in [3.05, 3.63) is 0 Å². The third-order valence-corrected chi connectivity index (χ3v) is 1.99. The van der Waals surface area contributed by atoms with Crippen LogP contribution < -0.4 is 0 Å². The molecule has 0 aromatic rings. The molecule has 82 valence electrons. The summed E-state index contributed by atoms with van der Waals surface area (Å²) in [6, 6.07) is 0. The zero-order valence-corrected chi connectivity index (χ0v) is 7.87. The second-order valence-corrected chi connectivity index (χ2v) is 3.58. The second kappa shape index (κ2) is 4.18. The fourth-order valence-corrected chi connectivity index (χ4v) is 1.57. The van der Waals surface area contributed by atoms with Crippen LogP contribution in [-0.4, -0.2) is 54.7 Å². The van der Waals surface area contributed by atoms with Gasteiger partial charge in [-0.1, -0.05) is 0 Å². The van der Waals surface area contributed by atoms with Crippen LogP contribution in [-0.2, 0) is 9.53 Å². The Kier molecular flexibility index (Phi) is 3.38. The number of nitrogens with zero attached hydrogens (tertiary/aromatic N) is 1. The first-order valence-electron chi connectivity index (χ1n) is 4.29. The van der Waals surface area contributed by atoms with Crippen LogP contribution in [0.5, 0.6) is 0 Å². The summed E-state index contributed by atoms with van der Waals surface area (Å²) in [6.07, 6.45) is -1.09. The van der Waals surface area contributed by atoms with Crippen molar-refractivity contribution in [1.82, 2.24) is 4.90 Å². The molecule has 0 saturated carbocycles. The molecule has 1 aliphatic heterocycles. The van der Waals surface area contributed by atoms with Crippen molar-refractivity contribution >= 4 is 5.97 Å². The molecule has 1 atom stereocenters. The normalized spacial score (nSPS) is 27.5. The van der Waals surface area contributed by atoms with E-state index < -0.39 is 31.0 Å². The minimum Gasteiger partial charge on any atom is -0.480 e. The summed E-state index contributed by atoms with van der Waals surface area (Å²) in [5.74, 6) is -3.92. The van der Waals surface area contributed by atoms with Gasteiger partial charge in [-0.2, -0.15) is 0 Å². The molecule has 0 spiro atoms. The van der Waals surface area contributed by atoms with Gasteiger partial charge in [0.2, 0.25) is 0 Å². The Bertz CT molecular complexity index is 223. The smallest absolute Gasteiger partial charge is 0.329 e. The minimum absolute atomic E-state index is 0.292. The number of carboxylic acid groups (broad SMARTS) is 1. The summed E-state index contributed by atoms with van der Waals surface area (Å²) in [6.45, 7) is -0.461. The van der Waals surface area contributed by atoms with Crippen molar-refractivity contribution < 1.29 is 23.4 Å². The van der Waals surface area contributed by atoms with Crippen LogP contribution in [0.25, 0.3) is 0 Å². The van der Waals surface area contributed by atoms with Gasteiger partial charge in [-0.25, -0.2) is 13.6 Å². The van der Waals surface area contributed by atoms with Crippen LogP contribution in [0, 0.1) is 0 Å². The third kappa shape index (κ3) is 3.55. The van der Waals surface area contributed by atoms with Crippen LogP contribution in [0.15, 0.2) is 0 Å². The minimum atomic E-state index is -2.78. The molecule has 6 heteroatoms. The summed E-state index contributed by atoms with van der Waals surface area (Å²) in [5.41, 5.74) is 0. The van der Waals surface area contributed by atoms with Crippen LogP contribution in [0.2, 0.25) is 0 Å². The first-order chi connectivity index (χ1) is 6.39. The van der Waals surface area contributed by atoms with Gasteiger partial charge < -0.3 is 9.84 Å². The van der Waals surface area contributed by atoms with Crippen molar-refractivity contribution in [3.63, 3.8) is 0 Å². The molecule has 1 N–H and O–H groups in total. The Labute approximate surface area is 80.4 Å². The maximum atomic E-state index is 13.0. The summed E-state index contributed by atoms with van der Waals surface area (Å²) in [7, 11) is 1.56. The van der Waals surface area contributed by atoms with Gasteiger partial charge in [0.1, 0.15) is 6.61 Å². The van der Waals surface area contributed by atoms with E-state index in [0.29, 0.717) is 6.54 Å². The zero-order chi connectivity index (χ0) is 10.8. The van der Waals surface area contributed by atoms with Crippen molar-refractivity contribution in [2.24, 2.45) is 0 Å². The molecular weight excluding hydrogens is 196 g/mol. The number of hydrogen-bond donors (Lipinski definition) is 1. The summed E-state index contributed by atoms with van der Waals surface area (Å²) in [5, 5.41) is 8.31. The summed E-state index contributed by atoms with van der Waals surface area (Å²) >= 11 is 0. The van der Waals surface area contributed by atoms with Crippen LogP contribution in [0.4, 0.5) is 8.78 Å². The SMILES string of the molecule is CN1CC(OCC(=O)O)CC(F)(F)C1. The molecule has 0 amide bonds. The molecule has 0 aliphatic carbocycles. The third-order valence-electron chi connectivity index (χ3n) is 1.99. The highest BCUT2D eigenvalue weighted by Gasteiger charge is 2.39. The topological polar surface area (TPSA) is 49.8 Å². The summed E-state index contributed by atoms with van der Waals surface area (Å²) in [4.78, 5) is 11.6. The van der Waals surface area contributed by atoms with E-state index in [-0.39, 0.29) is 6.54 Å². The van der Waals surface area contributed by atoms with Gasteiger partial charge in [-0.05, 0) is 7.05 Å². The van der Waals surface area contributed by atoms with Gasteiger partial charge >= 0.3 is 5.97 Å². The number of hydrogen-bond acceptors (Lipinski definition) is 3. The van der Waals surface area contributed by atoms with E-state index in [1.54, 1.807) is 7.05 Å². The lowest BCUT2D eigenvalue weighted by Crippen LogP contribution is -2.48. The molecule has 0 aromatic carbocycles. The highest BCUT2D eigenvalue weighted by atomic mass is 19.3. The van der Waals surface area contributed by atoms with Crippen molar-refractivity contribution in [2.45, 2.75) is 18.4 Å².